The third-order valence-electron chi connectivity index (χ3n) is 3.58. The normalized spacial score (nSPS) is 10.9. The summed E-state index contributed by atoms with van der Waals surface area (Å²) in [7, 11) is 0. The van der Waals surface area contributed by atoms with Crippen LogP contribution in [0.15, 0.2) is 24.3 Å². The molecule has 5 heteroatoms. The number of nitrogen functional groups attached to an aromatic ring is 1. The van der Waals surface area contributed by atoms with E-state index in [-0.39, 0.29) is 11.8 Å². The van der Waals surface area contributed by atoms with E-state index in [1.807, 2.05) is 52.0 Å². The molecule has 0 aliphatic heterocycles. The van der Waals surface area contributed by atoms with E-state index >= 15 is 0 Å². The summed E-state index contributed by atoms with van der Waals surface area (Å²) in [6, 6.07) is 7.80. The van der Waals surface area contributed by atoms with E-state index in [0.29, 0.717) is 17.9 Å². The van der Waals surface area contributed by atoms with Gasteiger partial charge in [-0.05, 0) is 31.4 Å². The largest absolute Gasteiger partial charge is 0.395 e. The average molecular weight is 286 g/mol. The van der Waals surface area contributed by atoms with Gasteiger partial charge in [0.15, 0.2) is 5.69 Å². The molecule has 112 valence electrons. The molecule has 2 aromatic rings. The van der Waals surface area contributed by atoms with Gasteiger partial charge in [0, 0.05) is 12.2 Å². The van der Waals surface area contributed by atoms with Gasteiger partial charge >= 0.3 is 0 Å². The topological polar surface area (TPSA) is 75.0 Å². The molecule has 0 bridgehead atoms. The number of rotatable bonds is 4. The van der Waals surface area contributed by atoms with Gasteiger partial charge in [-0.1, -0.05) is 32.0 Å². The first-order valence-corrected chi connectivity index (χ1v) is 7.18. The second-order valence-corrected chi connectivity index (χ2v) is 5.39. The number of hydrogen-bond acceptors (Lipinski definition) is 3. The predicted octanol–water partition coefficient (Wildman–Crippen LogP) is 3.09. The molecule has 0 saturated heterocycles. The predicted molar refractivity (Wildman–Crippen MR) is 85.6 cm³/mol. The quantitative estimate of drug-likeness (QED) is 0.907. The minimum absolute atomic E-state index is 0.174. The van der Waals surface area contributed by atoms with Crippen molar-refractivity contribution in [2.24, 2.45) is 0 Å². The van der Waals surface area contributed by atoms with E-state index < -0.39 is 0 Å². The third kappa shape index (κ3) is 2.77. The van der Waals surface area contributed by atoms with E-state index in [4.69, 9.17) is 5.73 Å². The maximum atomic E-state index is 12.7. The summed E-state index contributed by atoms with van der Waals surface area (Å²) < 4.78 is 0. The number of H-pyrrole nitrogens is 1. The molecule has 0 spiro atoms. The number of nitrogens with one attached hydrogen (secondary N) is 1. The summed E-state index contributed by atoms with van der Waals surface area (Å²) in [6.45, 7) is 8.51. The zero-order valence-corrected chi connectivity index (χ0v) is 13.0. The van der Waals surface area contributed by atoms with Gasteiger partial charge < -0.3 is 10.6 Å². The molecule has 0 aliphatic carbocycles. The fraction of sp³-hybridized carbons (Fsp3) is 0.375. The number of aromatic nitrogens is 2. The highest BCUT2D eigenvalue weighted by atomic mass is 16.2. The van der Waals surface area contributed by atoms with Crippen molar-refractivity contribution in [2.75, 3.05) is 17.2 Å². The lowest BCUT2D eigenvalue weighted by molar-refractivity contribution is 0.0984. The summed E-state index contributed by atoms with van der Waals surface area (Å²) in [5, 5.41) is 7.00. The van der Waals surface area contributed by atoms with Crippen LogP contribution in [-0.4, -0.2) is 22.6 Å². The fourth-order valence-corrected chi connectivity index (χ4v) is 2.38. The monoisotopic (exact) mass is 286 g/mol. The van der Waals surface area contributed by atoms with Crippen LogP contribution in [0.3, 0.4) is 0 Å². The number of para-hydroxylation sites is 1. The molecule has 5 nitrogen and oxygen atoms in total. The van der Waals surface area contributed by atoms with Crippen molar-refractivity contribution < 1.29 is 4.79 Å². The van der Waals surface area contributed by atoms with Crippen molar-refractivity contribution in [3.8, 4) is 0 Å². The standard InChI is InChI=1S/C16H22N4O/c1-5-20(12-9-7-6-8-11(12)4)16(21)15-13(17)14(10(2)3)18-19-15/h6-10H,5,17H2,1-4H3,(H,18,19). The minimum atomic E-state index is -0.174. The van der Waals surface area contributed by atoms with Crippen molar-refractivity contribution in [1.29, 1.82) is 0 Å². The Labute approximate surface area is 125 Å². The Morgan fingerprint density at radius 3 is 2.57 bits per heavy atom. The van der Waals surface area contributed by atoms with Gasteiger partial charge in [0.2, 0.25) is 0 Å². The number of carbonyl (C=O) groups excluding carboxylic acids is 1. The van der Waals surface area contributed by atoms with Gasteiger partial charge in [-0.3, -0.25) is 9.89 Å². The number of nitrogens with zero attached hydrogens (tertiary/aromatic N) is 2. The first-order valence-electron chi connectivity index (χ1n) is 7.18. The van der Waals surface area contributed by atoms with E-state index in [9.17, 15) is 4.79 Å². The van der Waals surface area contributed by atoms with Gasteiger partial charge in [0.1, 0.15) is 0 Å². The number of aromatic amines is 1. The molecule has 2 rings (SSSR count). The number of nitrogens with two attached hydrogens (primary N) is 1. The summed E-state index contributed by atoms with van der Waals surface area (Å²) in [5.41, 5.74) is 9.55. The van der Waals surface area contributed by atoms with E-state index in [0.717, 1.165) is 16.9 Å². The molecule has 1 aromatic heterocycles. The number of benzene rings is 1. The molecule has 0 radical (unpaired) electrons. The fourth-order valence-electron chi connectivity index (χ4n) is 2.38. The first-order chi connectivity index (χ1) is 9.97. The molecule has 1 aromatic carbocycles. The summed E-state index contributed by atoms with van der Waals surface area (Å²) in [4.78, 5) is 14.4. The molecule has 21 heavy (non-hydrogen) atoms. The van der Waals surface area contributed by atoms with Crippen LogP contribution in [0.1, 0.15) is 48.4 Å². The van der Waals surface area contributed by atoms with Gasteiger partial charge in [0.05, 0.1) is 11.4 Å². The highest BCUT2D eigenvalue weighted by Gasteiger charge is 2.24. The van der Waals surface area contributed by atoms with Crippen LogP contribution in [-0.2, 0) is 0 Å². The van der Waals surface area contributed by atoms with Crippen molar-refractivity contribution >= 4 is 17.3 Å². The van der Waals surface area contributed by atoms with Gasteiger partial charge in [-0.25, -0.2) is 0 Å². The van der Waals surface area contributed by atoms with Gasteiger partial charge in [-0.15, -0.1) is 0 Å². The maximum Gasteiger partial charge on any atom is 0.280 e. The van der Waals surface area contributed by atoms with Crippen LogP contribution >= 0.6 is 0 Å². The molecule has 0 aliphatic rings. The Kier molecular flexibility index (Phi) is 4.31. The molecule has 0 atom stereocenters. The average Bonchev–Trinajstić information content (AvgIpc) is 2.83. The second-order valence-electron chi connectivity index (χ2n) is 5.39. The highest BCUT2D eigenvalue weighted by Crippen LogP contribution is 2.26. The van der Waals surface area contributed by atoms with Crippen LogP contribution in [0.5, 0.6) is 0 Å². The smallest absolute Gasteiger partial charge is 0.280 e. The Balaban J connectivity index is 2.40. The van der Waals surface area contributed by atoms with Crippen molar-refractivity contribution in [3.05, 3.63) is 41.2 Å². The zero-order chi connectivity index (χ0) is 15.6. The third-order valence-corrected chi connectivity index (χ3v) is 3.58. The minimum Gasteiger partial charge on any atom is -0.395 e. The summed E-state index contributed by atoms with van der Waals surface area (Å²) in [5.74, 6) is 0.0278. The first kappa shape index (κ1) is 15.1. The summed E-state index contributed by atoms with van der Waals surface area (Å²) in [6.07, 6.45) is 0. The molecule has 0 unspecified atom stereocenters. The van der Waals surface area contributed by atoms with Crippen LogP contribution in [0.2, 0.25) is 0 Å². The van der Waals surface area contributed by atoms with E-state index in [2.05, 4.69) is 10.2 Å². The van der Waals surface area contributed by atoms with Crippen molar-refractivity contribution in [1.82, 2.24) is 10.2 Å². The second kappa shape index (κ2) is 5.99. The molecular weight excluding hydrogens is 264 g/mol. The number of anilines is 2. The number of aryl methyl sites for hydroxylation is 1. The van der Waals surface area contributed by atoms with Crippen LogP contribution in [0.25, 0.3) is 0 Å². The SMILES string of the molecule is CCN(C(=O)c1n[nH]c(C(C)C)c1N)c1ccccc1C. The molecule has 1 heterocycles. The molecule has 0 saturated carbocycles. The molecular formula is C16H22N4O. The van der Waals surface area contributed by atoms with Crippen molar-refractivity contribution in [2.45, 2.75) is 33.6 Å². The Hall–Kier alpha value is -2.30. The molecule has 0 fully saturated rings. The van der Waals surface area contributed by atoms with Gasteiger partial charge in [-0.2, -0.15) is 5.10 Å². The maximum absolute atomic E-state index is 12.7. The Morgan fingerprint density at radius 2 is 2.05 bits per heavy atom. The van der Waals surface area contributed by atoms with E-state index in [1.54, 1.807) is 4.90 Å². The lowest BCUT2D eigenvalue weighted by atomic mass is 10.1. The number of hydrogen-bond donors (Lipinski definition) is 2. The Bertz CT molecular complexity index is 645. The van der Waals surface area contributed by atoms with Crippen molar-refractivity contribution in [3.63, 3.8) is 0 Å². The van der Waals surface area contributed by atoms with Crippen LogP contribution < -0.4 is 10.6 Å². The molecule has 3 N–H and O–H groups in total. The molecule has 1 amide bonds. The highest BCUT2D eigenvalue weighted by molar-refractivity contribution is 6.08. The number of carbonyl (C=O) groups is 1. The number of amides is 1. The lowest BCUT2D eigenvalue weighted by Gasteiger charge is -2.22. The van der Waals surface area contributed by atoms with Crippen LogP contribution in [0.4, 0.5) is 11.4 Å². The summed E-state index contributed by atoms with van der Waals surface area (Å²) >= 11 is 0. The van der Waals surface area contributed by atoms with Gasteiger partial charge in [0.25, 0.3) is 5.91 Å². The van der Waals surface area contributed by atoms with E-state index in [1.165, 1.54) is 0 Å². The Morgan fingerprint density at radius 1 is 1.38 bits per heavy atom. The lowest BCUT2D eigenvalue weighted by Crippen LogP contribution is -2.32. The van der Waals surface area contributed by atoms with Crippen LogP contribution in [0, 0.1) is 6.92 Å². The zero-order valence-electron chi connectivity index (χ0n) is 13.0.